The van der Waals surface area contributed by atoms with Crippen LogP contribution in [0.4, 0.5) is 11.4 Å². The van der Waals surface area contributed by atoms with Crippen LogP contribution in [0.15, 0.2) is 18.2 Å². The molecule has 2 amide bonds. The van der Waals surface area contributed by atoms with Crippen LogP contribution in [0.2, 0.25) is 0 Å². The number of benzene rings is 1. The van der Waals surface area contributed by atoms with Gasteiger partial charge in [-0.3, -0.25) is 9.59 Å². The summed E-state index contributed by atoms with van der Waals surface area (Å²) in [6.07, 6.45) is 0. The molecule has 0 unspecified atom stereocenters. The Hall–Kier alpha value is -2.32. The molecule has 9 heteroatoms. The lowest BCUT2D eigenvalue weighted by atomic mass is 10.1. The summed E-state index contributed by atoms with van der Waals surface area (Å²) in [7, 11) is 0. The monoisotopic (exact) mass is 358 g/mol. The Bertz CT molecular complexity index is 581. The molecule has 24 heavy (non-hydrogen) atoms. The summed E-state index contributed by atoms with van der Waals surface area (Å²) in [6, 6.07) is 4.82. The lowest BCUT2D eigenvalue weighted by molar-refractivity contribution is -0.123. The topological polar surface area (TPSA) is 123 Å². The number of carbonyl (C=O) groups excluding carboxylic acids is 3. The van der Waals surface area contributed by atoms with E-state index < -0.39 is 17.8 Å². The molecule has 5 N–H and O–H groups in total. The number of carbonyl (C=O) groups is 3. The van der Waals surface area contributed by atoms with Crippen LogP contribution >= 0.6 is 12.4 Å². The van der Waals surface area contributed by atoms with Gasteiger partial charge in [-0.1, -0.05) is 0 Å². The molecule has 0 aromatic heterocycles. The fourth-order valence-electron chi connectivity index (χ4n) is 1.78. The van der Waals surface area contributed by atoms with Crippen molar-refractivity contribution in [2.24, 2.45) is 5.73 Å². The van der Waals surface area contributed by atoms with E-state index in [2.05, 4.69) is 16.0 Å². The molecule has 0 radical (unpaired) electrons. The molecule has 0 aliphatic heterocycles. The highest BCUT2D eigenvalue weighted by atomic mass is 35.5. The Morgan fingerprint density at radius 3 is 2.42 bits per heavy atom. The molecule has 0 saturated carbocycles. The van der Waals surface area contributed by atoms with E-state index in [0.29, 0.717) is 23.5 Å². The summed E-state index contributed by atoms with van der Waals surface area (Å²) in [4.78, 5) is 34.7. The summed E-state index contributed by atoms with van der Waals surface area (Å²) in [5.74, 6) is -1.32. The Kier molecular flexibility index (Phi) is 10.2. The third-order valence-electron chi connectivity index (χ3n) is 2.80. The summed E-state index contributed by atoms with van der Waals surface area (Å²) in [5.41, 5.74) is 6.58. The van der Waals surface area contributed by atoms with Crippen LogP contribution in [-0.4, -0.2) is 44.0 Å². The van der Waals surface area contributed by atoms with Crippen molar-refractivity contribution in [1.29, 1.82) is 0 Å². The zero-order valence-electron chi connectivity index (χ0n) is 13.7. The smallest absolute Gasteiger partial charge is 0.338 e. The standard InChI is InChI=1S/C15H22N4O4.ClH/c1-3-17-11-6-5-10(15(22)23-4-2)7-12(11)19-14(21)9-18-13(20)8-16;/h5-7,17H,3-4,8-9,16H2,1-2H3,(H,18,20)(H,19,21);1H. The Morgan fingerprint density at radius 1 is 1.12 bits per heavy atom. The van der Waals surface area contributed by atoms with Crippen LogP contribution in [0.5, 0.6) is 0 Å². The highest BCUT2D eigenvalue weighted by Gasteiger charge is 2.13. The van der Waals surface area contributed by atoms with Gasteiger partial charge in [0.2, 0.25) is 11.8 Å². The van der Waals surface area contributed by atoms with E-state index in [4.69, 9.17) is 10.5 Å². The van der Waals surface area contributed by atoms with E-state index >= 15 is 0 Å². The second-order valence-corrected chi connectivity index (χ2v) is 4.54. The number of ether oxygens (including phenoxy) is 1. The van der Waals surface area contributed by atoms with Gasteiger partial charge in [0.15, 0.2) is 0 Å². The third kappa shape index (κ3) is 6.84. The number of anilines is 2. The molecule has 0 fully saturated rings. The van der Waals surface area contributed by atoms with Gasteiger partial charge in [0.25, 0.3) is 0 Å². The average molecular weight is 359 g/mol. The second kappa shape index (κ2) is 11.3. The Balaban J connectivity index is 0.00000529. The highest BCUT2D eigenvalue weighted by molar-refractivity contribution is 5.99. The molecule has 0 bridgehead atoms. The Labute approximate surface area is 146 Å². The molecule has 0 aliphatic carbocycles. The quantitative estimate of drug-likeness (QED) is 0.508. The summed E-state index contributed by atoms with van der Waals surface area (Å²) in [6.45, 7) is 4.14. The lowest BCUT2D eigenvalue weighted by Gasteiger charge is -2.14. The van der Waals surface area contributed by atoms with E-state index in [-0.39, 0.29) is 32.1 Å². The third-order valence-corrected chi connectivity index (χ3v) is 2.80. The minimum Gasteiger partial charge on any atom is -0.462 e. The first-order chi connectivity index (χ1) is 11.0. The number of nitrogens with two attached hydrogens (primary N) is 1. The van der Waals surface area contributed by atoms with E-state index in [1.807, 2.05) is 6.92 Å². The van der Waals surface area contributed by atoms with Crippen molar-refractivity contribution in [3.63, 3.8) is 0 Å². The van der Waals surface area contributed by atoms with Crippen LogP contribution in [0.1, 0.15) is 24.2 Å². The molecule has 134 valence electrons. The largest absolute Gasteiger partial charge is 0.462 e. The zero-order chi connectivity index (χ0) is 17.2. The average Bonchev–Trinajstić information content (AvgIpc) is 2.54. The predicted molar refractivity (Wildman–Crippen MR) is 94.5 cm³/mol. The fraction of sp³-hybridized carbons (Fsp3) is 0.400. The van der Waals surface area contributed by atoms with Crippen LogP contribution in [-0.2, 0) is 14.3 Å². The molecule has 0 atom stereocenters. The summed E-state index contributed by atoms with van der Waals surface area (Å²) >= 11 is 0. The van der Waals surface area contributed by atoms with Gasteiger partial charge in [-0.25, -0.2) is 4.79 Å². The molecule has 1 rings (SSSR count). The van der Waals surface area contributed by atoms with Gasteiger partial charge in [0, 0.05) is 6.54 Å². The fourth-order valence-corrected chi connectivity index (χ4v) is 1.78. The van der Waals surface area contributed by atoms with Gasteiger partial charge >= 0.3 is 5.97 Å². The first kappa shape index (κ1) is 21.7. The van der Waals surface area contributed by atoms with E-state index in [1.165, 1.54) is 6.07 Å². The molecular formula is C15H23ClN4O4. The molecule has 0 aliphatic rings. The molecule has 0 spiro atoms. The van der Waals surface area contributed by atoms with Gasteiger partial charge in [0.05, 0.1) is 36.6 Å². The van der Waals surface area contributed by atoms with Gasteiger partial charge < -0.3 is 26.4 Å². The minimum absolute atomic E-state index is 0. The van der Waals surface area contributed by atoms with E-state index in [9.17, 15) is 14.4 Å². The van der Waals surface area contributed by atoms with Crippen molar-refractivity contribution in [2.45, 2.75) is 13.8 Å². The number of amides is 2. The maximum atomic E-state index is 11.9. The van der Waals surface area contributed by atoms with E-state index in [1.54, 1.807) is 19.1 Å². The minimum atomic E-state index is -0.470. The molecule has 1 aromatic rings. The maximum absolute atomic E-state index is 11.9. The lowest BCUT2D eigenvalue weighted by Crippen LogP contribution is -2.36. The summed E-state index contributed by atoms with van der Waals surface area (Å²) < 4.78 is 4.94. The van der Waals surface area contributed by atoms with Gasteiger partial charge in [-0.2, -0.15) is 0 Å². The number of esters is 1. The molecule has 8 nitrogen and oxygen atoms in total. The molecule has 0 heterocycles. The molecule has 0 saturated heterocycles. The van der Waals surface area contributed by atoms with Crippen molar-refractivity contribution in [3.8, 4) is 0 Å². The van der Waals surface area contributed by atoms with Crippen molar-refractivity contribution < 1.29 is 19.1 Å². The Morgan fingerprint density at radius 2 is 1.83 bits per heavy atom. The van der Waals surface area contributed by atoms with Gasteiger partial charge in [-0.15, -0.1) is 12.4 Å². The second-order valence-electron chi connectivity index (χ2n) is 4.54. The van der Waals surface area contributed by atoms with Crippen molar-refractivity contribution in [1.82, 2.24) is 5.32 Å². The number of halogens is 1. The SMILES string of the molecule is CCNc1ccc(C(=O)OCC)cc1NC(=O)CNC(=O)CN.Cl. The van der Waals surface area contributed by atoms with Gasteiger partial charge in [-0.05, 0) is 32.0 Å². The van der Waals surface area contributed by atoms with Crippen LogP contribution in [0.3, 0.4) is 0 Å². The van der Waals surface area contributed by atoms with Gasteiger partial charge in [0.1, 0.15) is 0 Å². The van der Waals surface area contributed by atoms with Crippen LogP contribution in [0.25, 0.3) is 0 Å². The maximum Gasteiger partial charge on any atom is 0.338 e. The number of hydrogen-bond acceptors (Lipinski definition) is 6. The molecular weight excluding hydrogens is 336 g/mol. The first-order valence-electron chi connectivity index (χ1n) is 7.33. The highest BCUT2D eigenvalue weighted by Crippen LogP contribution is 2.23. The number of hydrogen-bond donors (Lipinski definition) is 4. The number of rotatable bonds is 8. The zero-order valence-corrected chi connectivity index (χ0v) is 14.5. The summed E-state index contributed by atoms with van der Waals surface area (Å²) in [5, 5.41) is 8.10. The van der Waals surface area contributed by atoms with Crippen molar-refractivity contribution in [3.05, 3.63) is 23.8 Å². The molecule has 1 aromatic carbocycles. The van der Waals surface area contributed by atoms with Crippen LogP contribution in [0, 0.1) is 0 Å². The predicted octanol–water partition coefficient (Wildman–Crippen LogP) is 0.730. The van der Waals surface area contributed by atoms with E-state index in [0.717, 1.165) is 0 Å². The van der Waals surface area contributed by atoms with Crippen LogP contribution < -0.4 is 21.7 Å². The normalized spacial score (nSPS) is 9.46. The first-order valence-corrected chi connectivity index (χ1v) is 7.33. The van der Waals surface area contributed by atoms with Crippen molar-refractivity contribution >= 4 is 41.6 Å². The van der Waals surface area contributed by atoms with Crippen molar-refractivity contribution in [2.75, 3.05) is 36.9 Å². The number of nitrogens with one attached hydrogen (secondary N) is 3.